The third-order valence-corrected chi connectivity index (χ3v) is 2.37. The molecule has 86 valence electrons. The third-order valence-electron chi connectivity index (χ3n) is 2.37. The zero-order valence-electron chi connectivity index (χ0n) is 9.47. The van der Waals surface area contributed by atoms with E-state index < -0.39 is 17.1 Å². The number of primary amides is 1. The van der Waals surface area contributed by atoms with E-state index in [9.17, 15) is 9.18 Å². The number of nitrogens with two attached hydrogens (primary N) is 1. The highest BCUT2D eigenvalue weighted by Crippen LogP contribution is 2.34. The van der Waals surface area contributed by atoms with Crippen LogP contribution >= 0.6 is 0 Å². The first-order valence-corrected chi connectivity index (χ1v) is 5.10. The smallest absolute Gasteiger partial charge is 0.250 e. The molecule has 4 heteroatoms. The van der Waals surface area contributed by atoms with Crippen molar-refractivity contribution in [3.8, 4) is 0 Å². The number of amides is 1. The van der Waals surface area contributed by atoms with Crippen molar-refractivity contribution in [1.82, 2.24) is 0 Å². The Morgan fingerprint density at radius 1 is 1.60 bits per heavy atom. The Kier molecular flexibility index (Phi) is 3.19. The number of allylic oxidation sites excluding steroid dienone is 1. The van der Waals surface area contributed by atoms with Gasteiger partial charge in [-0.3, -0.25) is 4.79 Å². The number of carbonyl (C=O) groups is 1. The van der Waals surface area contributed by atoms with Gasteiger partial charge in [0.2, 0.25) is 5.91 Å². The summed E-state index contributed by atoms with van der Waals surface area (Å²) in [5, 5.41) is 0. The van der Waals surface area contributed by atoms with Crippen LogP contribution in [-0.4, -0.2) is 17.1 Å². The molecule has 0 saturated heterocycles. The van der Waals surface area contributed by atoms with Gasteiger partial charge in [-0.25, -0.2) is 4.39 Å². The monoisotopic (exact) mass is 215 g/mol. The molecule has 0 aromatic heterocycles. The summed E-state index contributed by atoms with van der Waals surface area (Å²) in [6.07, 6.45) is 2.16. The van der Waals surface area contributed by atoms with E-state index in [2.05, 4.69) is 0 Å². The maximum absolute atomic E-state index is 12.9. The molecule has 1 unspecified atom stereocenters. The van der Waals surface area contributed by atoms with Crippen LogP contribution in [-0.2, 0) is 9.53 Å². The largest absolute Gasteiger partial charge is 0.367 e. The van der Waals surface area contributed by atoms with Gasteiger partial charge in [0.25, 0.3) is 0 Å². The Morgan fingerprint density at radius 2 is 2.20 bits per heavy atom. The molecule has 1 aliphatic rings. The van der Waals surface area contributed by atoms with Gasteiger partial charge in [-0.05, 0) is 33.3 Å². The lowest BCUT2D eigenvalue weighted by Gasteiger charge is -2.38. The van der Waals surface area contributed by atoms with Gasteiger partial charge in [-0.15, -0.1) is 0 Å². The second-order valence-electron chi connectivity index (χ2n) is 4.93. The number of hydrogen-bond acceptors (Lipinski definition) is 2. The SMILES string of the molecule is CC(C)(C)OC1(C(N)=O)CC=C(F)CC1. The van der Waals surface area contributed by atoms with Crippen LogP contribution in [0.25, 0.3) is 0 Å². The van der Waals surface area contributed by atoms with Crippen LogP contribution in [0.2, 0.25) is 0 Å². The Labute approximate surface area is 89.5 Å². The summed E-state index contributed by atoms with van der Waals surface area (Å²) in [5.74, 6) is -0.703. The zero-order valence-corrected chi connectivity index (χ0v) is 9.47. The summed E-state index contributed by atoms with van der Waals surface area (Å²) in [4.78, 5) is 11.4. The number of hydrogen-bond donors (Lipinski definition) is 1. The number of carbonyl (C=O) groups excluding carboxylic acids is 1. The first-order valence-electron chi connectivity index (χ1n) is 5.10. The molecule has 0 aliphatic heterocycles. The number of ether oxygens (including phenoxy) is 1. The van der Waals surface area contributed by atoms with Crippen LogP contribution in [0.1, 0.15) is 40.0 Å². The van der Waals surface area contributed by atoms with E-state index in [-0.39, 0.29) is 18.7 Å². The van der Waals surface area contributed by atoms with Crippen molar-refractivity contribution in [2.45, 2.75) is 51.2 Å². The topological polar surface area (TPSA) is 52.3 Å². The van der Waals surface area contributed by atoms with Gasteiger partial charge in [-0.2, -0.15) is 0 Å². The molecule has 2 N–H and O–H groups in total. The maximum atomic E-state index is 12.9. The van der Waals surface area contributed by atoms with E-state index in [1.807, 2.05) is 20.8 Å². The Morgan fingerprint density at radius 3 is 2.53 bits per heavy atom. The molecule has 0 heterocycles. The van der Waals surface area contributed by atoms with Crippen LogP contribution in [0.15, 0.2) is 11.9 Å². The molecule has 0 fully saturated rings. The van der Waals surface area contributed by atoms with Crippen molar-refractivity contribution >= 4 is 5.91 Å². The van der Waals surface area contributed by atoms with Gasteiger partial charge >= 0.3 is 0 Å². The Bertz CT molecular complexity index is 293. The second-order valence-corrected chi connectivity index (χ2v) is 4.93. The minimum absolute atomic E-state index is 0.190. The van der Waals surface area contributed by atoms with Crippen molar-refractivity contribution in [1.29, 1.82) is 0 Å². The normalized spacial score (nSPS) is 27.3. The van der Waals surface area contributed by atoms with Crippen LogP contribution < -0.4 is 5.73 Å². The molecule has 3 nitrogen and oxygen atoms in total. The first kappa shape index (κ1) is 12.2. The van der Waals surface area contributed by atoms with E-state index in [1.54, 1.807) is 0 Å². The quantitative estimate of drug-likeness (QED) is 0.766. The summed E-state index contributed by atoms with van der Waals surface area (Å²) in [6, 6.07) is 0. The minimum Gasteiger partial charge on any atom is -0.367 e. The van der Waals surface area contributed by atoms with Gasteiger partial charge < -0.3 is 10.5 Å². The van der Waals surface area contributed by atoms with Gasteiger partial charge in [0.05, 0.1) is 11.4 Å². The lowest BCUT2D eigenvalue weighted by molar-refractivity contribution is -0.167. The summed E-state index contributed by atoms with van der Waals surface area (Å²) in [6.45, 7) is 5.56. The van der Waals surface area contributed by atoms with Crippen LogP contribution in [0.5, 0.6) is 0 Å². The van der Waals surface area contributed by atoms with Gasteiger partial charge in [0.15, 0.2) is 5.60 Å². The van der Waals surface area contributed by atoms with E-state index in [0.717, 1.165) is 0 Å². The van der Waals surface area contributed by atoms with Gasteiger partial charge in [0.1, 0.15) is 0 Å². The Hall–Kier alpha value is -0.900. The van der Waals surface area contributed by atoms with Crippen LogP contribution in [0, 0.1) is 0 Å². The molecule has 0 aromatic carbocycles. The van der Waals surface area contributed by atoms with Gasteiger partial charge in [-0.1, -0.05) is 0 Å². The van der Waals surface area contributed by atoms with Gasteiger partial charge in [0, 0.05) is 12.8 Å². The minimum atomic E-state index is -1.03. The summed E-state index contributed by atoms with van der Waals surface area (Å²) in [7, 11) is 0. The van der Waals surface area contributed by atoms with Crippen molar-refractivity contribution in [2.24, 2.45) is 5.73 Å². The highest BCUT2D eigenvalue weighted by molar-refractivity contribution is 5.84. The summed E-state index contributed by atoms with van der Waals surface area (Å²) < 4.78 is 18.6. The molecule has 1 rings (SSSR count). The first-order chi connectivity index (χ1) is 6.75. The van der Waals surface area contributed by atoms with E-state index in [1.165, 1.54) is 6.08 Å². The number of rotatable bonds is 2. The van der Waals surface area contributed by atoms with E-state index in [0.29, 0.717) is 6.42 Å². The molecule has 0 aromatic rings. The zero-order chi connectivity index (χ0) is 11.7. The number of halogens is 1. The molecule has 0 spiro atoms. The van der Waals surface area contributed by atoms with Crippen LogP contribution in [0.4, 0.5) is 4.39 Å². The lowest BCUT2D eigenvalue weighted by atomic mass is 9.87. The molecule has 1 atom stereocenters. The van der Waals surface area contributed by atoms with Crippen LogP contribution in [0.3, 0.4) is 0 Å². The van der Waals surface area contributed by atoms with Crippen molar-refractivity contribution in [3.63, 3.8) is 0 Å². The maximum Gasteiger partial charge on any atom is 0.250 e. The lowest BCUT2D eigenvalue weighted by Crippen LogP contribution is -2.51. The van der Waals surface area contributed by atoms with Crippen molar-refractivity contribution < 1.29 is 13.9 Å². The molecule has 0 radical (unpaired) electrons. The van der Waals surface area contributed by atoms with Crippen molar-refractivity contribution in [2.75, 3.05) is 0 Å². The molecule has 15 heavy (non-hydrogen) atoms. The average Bonchev–Trinajstić information content (AvgIpc) is 2.06. The third kappa shape index (κ3) is 3.02. The molecular weight excluding hydrogens is 197 g/mol. The Balaban J connectivity index is 2.87. The molecular formula is C11H18FNO2. The molecule has 0 saturated carbocycles. The summed E-state index contributed by atoms with van der Waals surface area (Å²) >= 11 is 0. The van der Waals surface area contributed by atoms with E-state index in [4.69, 9.17) is 10.5 Å². The fraction of sp³-hybridized carbons (Fsp3) is 0.727. The summed E-state index contributed by atoms with van der Waals surface area (Å²) in [5.41, 5.74) is 3.84. The highest BCUT2D eigenvalue weighted by Gasteiger charge is 2.42. The average molecular weight is 215 g/mol. The predicted molar refractivity (Wildman–Crippen MR) is 55.8 cm³/mol. The highest BCUT2D eigenvalue weighted by atomic mass is 19.1. The molecule has 0 bridgehead atoms. The predicted octanol–water partition coefficient (Wildman–Crippen LogP) is 2.06. The fourth-order valence-corrected chi connectivity index (χ4v) is 1.75. The standard InChI is InChI=1S/C11H18FNO2/c1-10(2,3)15-11(9(13)14)6-4-8(12)5-7-11/h4H,5-7H2,1-3H3,(H2,13,14). The second kappa shape index (κ2) is 3.93. The van der Waals surface area contributed by atoms with Crippen molar-refractivity contribution in [3.05, 3.63) is 11.9 Å². The molecule has 1 amide bonds. The molecule has 1 aliphatic carbocycles. The fourth-order valence-electron chi connectivity index (χ4n) is 1.75. The van der Waals surface area contributed by atoms with E-state index >= 15 is 0 Å².